The lowest BCUT2D eigenvalue weighted by atomic mass is 9.32. The van der Waals surface area contributed by atoms with Gasteiger partial charge in [-0.15, -0.1) is 0 Å². The normalized spacial score (nSPS) is 39.5. The van der Waals surface area contributed by atoms with E-state index in [1.807, 2.05) is 12.1 Å². The van der Waals surface area contributed by atoms with Crippen LogP contribution in [0.5, 0.6) is 0 Å². The van der Waals surface area contributed by atoms with E-state index in [2.05, 4.69) is 59.5 Å². The van der Waals surface area contributed by atoms with E-state index in [0.29, 0.717) is 41.7 Å². The minimum atomic E-state index is -0.880. The Balaban J connectivity index is 1.28. The first kappa shape index (κ1) is 35.0. The molecule has 6 nitrogen and oxygen atoms in total. The summed E-state index contributed by atoms with van der Waals surface area (Å²) in [6, 6.07) is 7.52. The lowest BCUT2D eigenvalue weighted by molar-refractivity contribution is -0.225. The van der Waals surface area contributed by atoms with Gasteiger partial charge in [-0.1, -0.05) is 65.0 Å². The highest BCUT2D eigenvalue weighted by molar-refractivity contribution is 5.88. The molecule has 4 fully saturated rings. The first-order valence-corrected chi connectivity index (χ1v) is 18.6. The van der Waals surface area contributed by atoms with Gasteiger partial charge >= 0.3 is 11.9 Å². The van der Waals surface area contributed by atoms with Gasteiger partial charge in [0.25, 0.3) is 0 Å². The highest BCUT2D eigenvalue weighted by atomic mass is 16.5. The van der Waals surface area contributed by atoms with Gasteiger partial charge < -0.3 is 15.2 Å². The van der Waals surface area contributed by atoms with Gasteiger partial charge in [0.1, 0.15) is 0 Å². The molecule has 1 amide bonds. The zero-order chi connectivity index (χ0) is 34.9. The van der Waals surface area contributed by atoms with Crippen molar-refractivity contribution in [2.24, 2.45) is 56.7 Å². The van der Waals surface area contributed by atoms with Crippen LogP contribution in [-0.2, 0) is 14.3 Å². The Hall–Kier alpha value is -2.89. The SMILES string of the molecule is C=C(C)C1CCC2(CNC(=O)CCC(=O)OC)CCC3(C)C(CCC4C5(C)CC=C(c6ccc(C(=O)O)cc6)C(C)(C)C5CCC43C)C12. The Morgan fingerprint density at radius 1 is 0.896 bits per heavy atom. The molecule has 262 valence electrons. The standard InChI is InChI=1S/C42H59NO5/c1-26(2)29-17-22-42(25-43-34(44)15-16-35(45)48-8)24-23-40(6)31(36(29)42)13-14-33-39(5)20-18-30(27-9-11-28(12-10-27)37(46)47)38(3,4)32(39)19-21-41(33,40)7/h9-12,18,29,31-33,36H,1,13-17,19-25H2,2-8H3,(H,43,44)(H,46,47). The van der Waals surface area contributed by atoms with E-state index < -0.39 is 5.97 Å². The average molecular weight is 658 g/mol. The highest BCUT2D eigenvalue weighted by Gasteiger charge is 2.70. The van der Waals surface area contributed by atoms with Crippen molar-refractivity contribution < 1.29 is 24.2 Å². The zero-order valence-electron chi connectivity index (χ0n) is 30.5. The third-order valence-electron chi connectivity index (χ3n) is 15.7. The molecule has 0 bridgehead atoms. The van der Waals surface area contributed by atoms with E-state index in [1.54, 1.807) is 12.1 Å². The molecule has 0 spiro atoms. The van der Waals surface area contributed by atoms with Crippen molar-refractivity contribution in [1.29, 1.82) is 0 Å². The molecule has 1 aromatic carbocycles. The predicted molar refractivity (Wildman–Crippen MR) is 190 cm³/mol. The molecule has 9 unspecified atom stereocenters. The van der Waals surface area contributed by atoms with E-state index in [1.165, 1.54) is 50.4 Å². The van der Waals surface area contributed by atoms with Crippen LogP contribution in [0.4, 0.5) is 0 Å². The molecular formula is C42H59NO5. The number of carbonyl (C=O) groups is 3. The summed E-state index contributed by atoms with van der Waals surface area (Å²) in [6.07, 6.45) is 13.4. The fourth-order valence-electron chi connectivity index (χ4n) is 13.2. The topological polar surface area (TPSA) is 92.7 Å². The van der Waals surface area contributed by atoms with Gasteiger partial charge in [0.2, 0.25) is 5.91 Å². The lowest BCUT2D eigenvalue weighted by Gasteiger charge is -2.72. The molecule has 0 aliphatic heterocycles. The van der Waals surface area contributed by atoms with Gasteiger partial charge in [0.15, 0.2) is 0 Å². The number of methoxy groups -OCH3 is 1. The number of aromatic carboxylic acids is 1. The lowest BCUT2D eigenvalue weighted by Crippen LogP contribution is -2.66. The van der Waals surface area contributed by atoms with E-state index in [-0.39, 0.29) is 51.8 Å². The summed E-state index contributed by atoms with van der Waals surface area (Å²) in [6.45, 7) is 20.2. The molecule has 48 heavy (non-hydrogen) atoms. The van der Waals surface area contributed by atoms with Crippen LogP contribution in [0.1, 0.15) is 128 Å². The largest absolute Gasteiger partial charge is 0.478 e. The van der Waals surface area contributed by atoms with Gasteiger partial charge in [0.05, 0.1) is 19.1 Å². The number of hydrogen-bond donors (Lipinski definition) is 2. The van der Waals surface area contributed by atoms with Crippen LogP contribution in [0.3, 0.4) is 0 Å². The number of hydrogen-bond acceptors (Lipinski definition) is 4. The van der Waals surface area contributed by atoms with Crippen LogP contribution >= 0.6 is 0 Å². The van der Waals surface area contributed by atoms with E-state index >= 15 is 0 Å². The van der Waals surface area contributed by atoms with Gasteiger partial charge in [-0.2, -0.15) is 0 Å². The molecule has 0 saturated heterocycles. The van der Waals surface area contributed by atoms with Gasteiger partial charge in [-0.25, -0.2) is 4.79 Å². The predicted octanol–water partition coefficient (Wildman–Crippen LogP) is 9.11. The van der Waals surface area contributed by atoms with Crippen LogP contribution in [0.15, 0.2) is 42.5 Å². The van der Waals surface area contributed by atoms with Crippen molar-refractivity contribution in [1.82, 2.24) is 5.32 Å². The Bertz CT molecular complexity index is 1510. The number of rotatable bonds is 8. The maximum Gasteiger partial charge on any atom is 0.335 e. The molecule has 5 aliphatic rings. The van der Waals surface area contributed by atoms with Gasteiger partial charge in [-0.3, -0.25) is 9.59 Å². The third kappa shape index (κ3) is 5.21. The molecule has 0 heterocycles. The zero-order valence-corrected chi connectivity index (χ0v) is 30.5. The Labute approximate surface area is 288 Å². The Kier molecular flexibility index (Phi) is 8.85. The number of esters is 1. The van der Waals surface area contributed by atoms with Crippen molar-refractivity contribution in [3.05, 3.63) is 53.6 Å². The van der Waals surface area contributed by atoms with E-state index in [9.17, 15) is 19.5 Å². The highest BCUT2D eigenvalue weighted by Crippen LogP contribution is 2.77. The summed E-state index contributed by atoms with van der Waals surface area (Å²) in [4.78, 5) is 36.1. The Morgan fingerprint density at radius 2 is 1.60 bits per heavy atom. The number of carboxylic acid groups (broad SMARTS) is 1. The van der Waals surface area contributed by atoms with Crippen LogP contribution in [0.25, 0.3) is 5.57 Å². The molecule has 1 aromatic rings. The first-order chi connectivity index (χ1) is 22.5. The van der Waals surface area contributed by atoms with Crippen molar-refractivity contribution in [2.75, 3.05) is 13.7 Å². The van der Waals surface area contributed by atoms with Crippen molar-refractivity contribution >= 4 is 23.4 Å². The first-order valence-electron chi connectivity index (χ1n) is 18.6. The van der Waals surface area contributed by atoms with Crippen LogP contribution in [0, 0.1) is 56.7 Å². The fraction of sp³-hybridized carbons (Fsp3) is 0.690. The average Bonchev–Trinajstić information content (AvgIpc) is 3.43. The summed E-state index contributed by atoms with van der Waals surface area (Å²) in [7, 11) is 1.37. The third-order valence-corrected chi connectivity index (χ3v) is 15.7. The molecule has 9 atom stereocenters. The summed E-state index contributed by atoms with van der Waals surface area (Å²) in [5.41, 5.74) is 4.87. The molecule has 5 aliphatic carbocycles. The molecule has 4 saturated carbocycles. The number of fused-ring (bicyclic) bond motifs is 7. The molecular weight excluding hydrogens is 598 g/mol. The molecule has 2 N–H and O–H groups in total. The summed E-state index contributed by atoms with van der Waals surface area (Å²) in [5, 5.41) is 12.8. The second-order valence-electron chi connectivity index (χ2n) is 17.8. The monoisotopic (exact) mass is 657 g/mol. The minimum Gasteiger partial charge on any atom is -0.478 e. The quantitative estimate of drug-likeness (QED) is 0.215. The molecule has 6 rings (SSSR count). The number of benzene rings is 1. The van der Waals surface area contributed by atoms with Gasteiger partial charge in [0, 0.05) is 13.0 Å². The number of carbonyl (C=O) groups excluding carboxylic acids is 2. The smallest absolute Gasteiger partial charge is 0.335 e. The maximum atomic E-state index is 12.9. The van der Waals surface area contributed by atoms with Crippen LogP contribution in [-0.4, -0.2) is 36.6 Å². The number of ether oxygens (including phenoxy) is 1. The van der Waals surface area contributed by atoms with Crippen molar-refractivity contribution in [3.63, 3.8) is 0 Å². The van der Waals surface area contributed by atoms with Crippen LogP contribution in [0.2, 0.25) is 0 Å². The maximum absolute atomic E-state index is 12.9. The minimum absolute atomic E-state index is 0.0128. The number of nitrogens with one attached hydrogen (secondary N) is 1. The fourth-order valence-corrected chi connectivity index (χ4v) is 13.2. The summed E-state index contributed by atoms with van der Waals surface area (Å²) < 4.78 is 4.76. The molecule has 0 aromatic heterocycles. The van der Waals surface area contributed by atoms with E-state index in [0.717, 1.165) is 31.2 Å². The number of amides is 1. The Morgan fingerprint density at radius 3 is 2.25 bits per heavy atom. The second-order valence-corrected chi connectivity index (χ2v) is 17.8. The van der Waals surface area contributed by atoms with E-state index in [4.69, 9.17) is 4.74 Å². The van der Waals surface area contributed by atoms with Crippen molar-refractivity contribution in [2.45, 2.75) is 112 Å². The summed E-state index contributed by atoms with van der Waals surface area (Å²) >= 11 is 0. The second kappa shape index (κ2) is 12.2. The molecule has 0 radical (unpaired) electrons. The summed E-state index contributed by atoms with van der Waals surface area (Å²) in [5.74, 6) is 1.52. The van der Waals surface area contributed by atoms with Crippen molar-refractivity contribution in [3.8, 4) is 0 Å². The number of carboxylic acids is 1. The van der Waals surface area contributed by atoms with Crippen LogP contribution < -0.4 is 5.32 Å². The number of allylic oxidation sites excluding steroid dienone is 3. The molecule has 6 heteroatoms. The van der Waals surface area contributed by atoms with Gasteiger partial charge in [-0.05, 0) is 145 Å².